The Hall–Kier alpha value is -5.49. The highest BCUT2D eigenvalue weighted by atomic mass is 32.2. The van der Waals surface area contributed by atoms with Crippen molar-refractivity contribution in [3.8, 4) is 11.1 Å². The largest absolute Gasteiger partial charge is 0.369 e. The first-order valence-electron chi connectivity index (χ1n) is 18.5. The predicted octanol–water partition coefficient (Wildman–Crippen LogP) is 6.89. The summed E-state index contributed by atoms with van der Waals surface area (Å²) in [5, 5.41) is 0. The Labute approximate surface area is 325 Å². The minimum atomic E-state index is -4.19. The Morgan fingerprint density at radius 1 is 0.745 bits per heavy atom. The molecule has 1 saturated heterocycles. The molecular formula is C44H50N6O4S. The van der Waals surface area contributed by atoms with Gasteiger partial charge in [0.25, 0.3) is 15.9 Å². The highest BCUT2D eigenvalue weighted by Crippen LogP contribution is 2.28. The summed E-state index contributed by atoms with van der Waals surface area (Å²) < 4.78 is 29.0. The number of nitrogens with one attached hydrogen (secondary N) is 1. The summed E-state index contributed by atoms with van der Waals surface area (Å²) in [6, 6.07) is 40.0. The smallest absolute Gasteiger partial charge is 0.324 e. The summed E-state index contributed by atoms with van der Waals surface area (Å²) >= 11 is 0. The van der Waals surface area contributed by atoms with Crippen LogP contribution >= 0.6 is 0 Å². The normalized spacial score (nSPS) is 14.0. The van der Waals surface area contributed by atoms with Crippen molar-refractivity contribution in [3.63, 3.8) is 0 Å². The molecule has 1 unspecified atom stereocenters. The summed E-state index contributed by atoms with van der Waals surface area (Å²) in [7, 11) is 3.18. The van der Waals surface area contributed by atoms with Crippen LogP contribution in [0, 0.1) is 6.92 Å². The molecular weight excluding hydrogens is 709 g/mol. The van der Waals surface area contributed by atoms with Crippen LogP contribution in [0.1, 0.15) is 33.1 Å². The van der Waals surface area contributed by atoms with Crippen LogP contribution in [0.4, 0.5) is 16.2 Å². The summed E-state index contributed by atoms with van der Waals surface area (Å²) in [6.07, 6.45) is 0. The molecule has 0 spiro atoms. The number of anilines is 2. The topological polar surface area (TPSA) is 96.5 Å². The second-order valence-electron chi connectivity index (χ2n) is 14.4. The number of amides is 3. The van der Waals surface area contributed by atoms with Gasteiger partial charge in [-0.3, -0.25) is 14.6 Å². The van der Waals surface area contributed by atoms with E-state index in [0.717, 1.165) is 44.0 Å². The number of nitrogens with zero attached hydrogens (tertiary/aromatic N) is 5. The Morgan fingerprint density at radius 3 is 2.00 bits per heavy atom. The molecule has 1 N–H and O–H groups in total. The van der Waals surface area contributed by atoms with E-state index in [1.54, 1.807) is 44.1 Å². The molecule has 1 heterocycles. The number of carbonyl (C=O) groups excluding carboxylic acids is 2. The first kappa shape index (κ1) is 39.2. The quantitative estimate of drug-likeness (QED) is 0.148. The third-order valence-electron chi connectivity index (χ3n) is 10.2. The van der Waals surface area contributed by atoms with Crippen LogP contribution in [0.25, 0.3) is 11.1 Å². The van der Waals surface area contributed by atoms with Crippen molar-refractivity contribution >= 4 is 33.3 Å². The van der Waals surface area contributed by atoms with E-state index in [9.17, 15) is 18.0 Å². The Bertz CT molecular complexity index is 2190. The van der Waals surface area contributed by atoms with Gasteiger partial charge in [-0.05, 0) is 91.3 Å². The highest BCUT2D eigenvalue weighted by molar-refractivity contribution is 7.90. The fourth-order valence-electron chi connectivity index (χ4n) is 7.14. The molecule has 1 fully saturated rings. The van der Waals surface area contributed by atoms with E-state index in [-0.39, 0.29) is 22.5 Å². The summed E-state index contributed by atoms with van der Waals surface area (Å²) in [5.74, 6) is -0.711. The standard InChI is InChI=1S/C44H50N6O4S/c1-33-30-39(24-25-41(33)47(4)44(52)48(5)42(32-46(2)3)35-16-10-7-11-17-35)55(53,54)45-43(51)36-20-22-38(23-21-36)50-28-26-49(27-29-50)31-37-18-12-13-19-40(37)34-14-8-6-9-15-34/h6-25,30,42H,26-29,31-32H2,1-5H3,(H,45,51). The average molecular weight is 759 g/mol. The van der Waals surface area contributed by atoms with E-state index in [4.69, 9.17) is 0 Å². The van der Waals surface area contributed by atoms with Gasteiger partial charge in [-0.2, -0.15) is 0 Å². The maximum atomic E-state index is 13.7. The molecule has 10 nitrogen and oxygen atoms in total. The lowest BCUT2D eigenvalue weighted by molar-refractivity contribution is 0.0981. The third kappa shape index (κ3) is 9.43. The minimum absolute atomic E-state index is 0.0630. The number of benzene rings is 5. The maximum Gasteiger partial charge on any atom is 0.324 e. The molecule has 6 rings (SSSR count). The maximum absolute atomic E-state index is 13.7. The lowest BCUT2D eigenvalue weighted by Crippen LogP contribution is -2.46. The fraction of sp³-hybridized carbons (Fsp3) is 0.273. The Kier molecular flexibility index (Phi) is 12.3. The fourth-order valence-corrected chi connectivity index (χ4v) is 8.20. The van der Waals surface area contributed by atoms with Gasteiger partial charge in [-0.15, -0.1) is 0 Å². The number of urea groups is 1. The molecule has 0 bridgehead atoms. The molecule has 5 aromatic carbocycles. The van der Waals surface area contributed by atoms with Crippen molar-refractivity contribution < 1.29 is 18.0 Å². The SMILES string of the molecule is Cc1cc(S(=O)(=O)NC(=O)c2ccc(N3CCN(Cc4ccccc4-c4ccccc4)CC3)cc2)ccc1N(C)C(=O)N(C)C(CN(C)C)c1ccccc1. The number of hydrogen-bond acceptors (Lipinski definition) is 7. The lowest BCUT2D eigenvalue weighted by Gasteiger charge is -2.36. The first-order valence-corrected chi connectivity index (χ1v) is 20.0. The van der Waals surface area contributed by atoms with Gasteiger partial charge in [0.1, 0.15) is 0 Å². The van der Waals surface area contributed by atoms with Gasteiger partial charge >= 0.3 is 6.03 Å². The van der Waals surface area contributed by atoms with Crippen LogP contribution in [-0.4, -0.2) is 96.0 Å². The molecule has 1 atom stereocenters. The predicted molar refractivity (Wildman–Crippen MR) is 221 cm³/mol. The minimum Gasteiger partial charge on any atom is -0.369 e. The number of aryl methyl sites for hydroxylation is 1. The van der Waals surface area contributed by atoms with Crippen LogP contribution in [0.15, 0.2) is 132 Å². The molecule has 55 heavy (non-hydrogen) atoms. The van der Waals surface area contributed by atoms with E-state index in [1.807, 2.05) is 67.5 Å². The van der Waals surface area contributed by atoms with Crippen LogP contribution < -0.4 is 14.5 Å². The number of carbonyl (C=O) groups is 2. The van der Waals surface area contributed by atoms with E-state index >= 15 is 0 Å². The summed E-state index contributed by atoms with van der Waals surface area (Å²) in [4.78, 5) is 36.8. The molecule has 5 aromatic rings. The third-order valence-corrected chi connectivity index (χ3v) is 11.5. The number of rotatable bonds is 12. The van der Waals surface area contributed by atoms with Crippen LogP contribution in [-0.2, 0) is 16.6 Å². The van der Waals surface area contributed by atoms with Crippen molar-refractivity contribution in [1.29, 1.82) is 0 Å². The number of hydrogen-bond donors (Lipinski definition) is 1. The zero-order chi connectivity index (χ0) is 39.1. The zero-order valence-electron chi connectivity index (χ0n) is 32.2. The Morgan fingerprint density at radius 2 is 1.36 bits per heavy atom. The highest BCUT2D eigenvalue weighted by Gasteiger charge is 2.27. The Balaban J connectivity index is 1.05. The van der Waals surface area contributed by atoms with Gasteiger partial charge in [0.05, 0.1) is 10.9 Å². The molecule has 11 heteroatoms. The van der Waals surface area contributed by atoms with E-state index in [2.05, 4.69) is 63.1 Å². The van der Waals surface area contributed by atoms with Crippen molar-refractivity contribution in [1.82, 2.24) is 19.4 Å². The van der Waals surface area contributed by atoms with Crippen molar-refractivity contribution in [2.24, 2.45) is 0 Å². The van der Waals surface area contributed by atoms with E-state index < -0.39 is 15.9 Å². The van der Waals surface area contributed by atoms with Gasteiger partial charge in [-0.25, -0.2) is 17.9 Å². The van der Waals surface area contributed by atoms with Crippen LogP contribution in [0.2, 0.25) is 0 Å². The molecule has 3 amide bonds. The van der Waals surface area contributed by atoms with Gasteiger partial charge in [-0.1, -0.05) is 84.9 Å². The van der Waals surface area contributed by atoms with Crippen LogP contribution in [0.3, 0.4) is 0 Å². The second-order valence-corrected chi connectivity index (χ2v) is 16.0. The molecule has 0 aromatic heterocycles. The van der Waals surface area contributed by atoms with Crippen LogP contribution in [0.5, 0.6) is 0 Å². The van der Waals surface area contributed by atoms with Gasteiger partial charge in [0.2, 0.25) is 0 Å². The van der Waals surface area contributed by atoms with E-state index in [0.29, 0.717) is 17.8 Å². The summed E-state index contributed by atoms with van der Waals surface area (Å²) in [5.41, 5.74) is 7.16. The van der Waals surface area contributed by atoms with Gasteiger partial charge in [0, 0.05) is 70.3 Å². The first-order chi connectivity index (χ1) is 26.4. The van der Waals surface area contributed by atoms with Gasteiger partial charge in [0.15, 0.2) is 0 Å². The molecule has 0 aliphatic carbocycles. The second kappa shape index (κ2) is 17.3. The van der Waals surface area contributed by atoms with Crippen molar-refractivity contribution in [2.75, 3.05) is 70.7 Å². The van der Waals surface area contributed by atoms with E-state index in [1.165, 1.54) is 33.7 Å². The van der Waals surface area contributed by atoms with Crippen molar-refractivity contribution in [2.45, 2.75) is 24.4 Å². The molecule has 1 aliphatic rings. The average Bonchev–Trinajstić information content (AvgIpc) is 3.20. The zero-order valence-corrected chi connectivity index (χ0v) is 33.0. The lowest BCUT2D eigenvalue weighted by atomic mass is 9.99. The molecule has 0 saturated carbocycles. The molecule has 1 aliphatic heterocycles. The van der Waals surface area contributed by atoms with Crippen molar-refractivity contribution in [3.05, 3.63) is 150 Å². The monoisotopic (exact) mass is 758 g/mol. The summed E-state index contributed by atoms with van der Waals surface area (Å²) in [6.45, 7) is 6.71. The van der Waals surface area contributed by atoms with Gasteiger partial charge < -0.3 is 14.7 Å². The number of sulfonamides is 1. The molecule has 286 valence electrons. The number of likely N-dealkylation sites (N-methyl/N-ethyl adjacent to an activating group) is 2. The number of piperazine rings is 1. The molecule has 0 radical (unpaired) electrons.